The van der Waals surface area contributed by atoms with Crippen LogP contribution in [0.1, 0.15) is 40.0 Å². The Bertz CT molecular complexity index is 481. The first kappa shape index (κ1) is 13.7. The zero-order valence-corrected chi connectivity index (χ0v) is 12.3. The van der Waals surface area contributed by atoms with Gasteiger partial charge in [-0.2, -0.15) is 0 Å². The van der Waals surface area contributed by atoms with Gasteiger partial charge in [-0.1, -0.05) is 20.4 Å². The van der Waals surface area contributed by atoms with Gasteiger partial charge in [-0.05, 0) is 32.1 Å². The molecule has 20 heavy (non-hydrogen) atoms. The predicted molar refractivity (Wildman–Crippen MR) is 72.7 cm³/mol. The lowest BCUT2D eigenvalue weighted by Crippen LogP contribution is -2.63. The van der Waals surface area contributed by atoms with Crippen molar-refractivity contribution >= 4 is 11.9 Å². The average molecular weight is 278 g/mol. The third kappa shape index (κ3) is 1.60. The van der Waals surface area contributed by atoms with Crippen LogP contribution in [0.15, 0.2) is 12.2 Å². The molecule has 1 heterocycles. The van der Waals surface area contributed by atoms with Crippen LogP contribution in [0.4, 0.5) is 0 Å². The van der Waals surface area contributed by atoms with Crippen LogP contribution in [-0.4, -0.2) is 23.6 Å². The summed E-state index contributed by atoms with van der Waals surface area (Å²) in [6, 6.07) is 0. The van der Waals surface area contributed by atoms with Crippen LogP contribution in [0.2, 0.25) is 0 Å². The minimum Gasteiger partial charge on any atom is -0.458 e. The molecule has 0 aromatic heterocycles. The molecule has 4 fully saturated rings. The lowest BCUT2D eigenvalue weighted by atomic mass is 9.54. The predicted octanol–water partition coefficient (Wildman–Crippen LogP) is 2.47. The summed E-state index contributed by atoms with van der Waals surface area (Å²) in [6.45, 7) is 9.42. The van der Waals surface area contributed by atoms with Gasteiger partial charge in [0.25, 0.3) is 0 Å². The first-order valence-corrected chi connectivity index (χ1v) is 7.47. The van der Waals surface area contributed by atoms with E-state index in [0.29, 0.717) is 5.57 Å². The fourth-order valence-electron chi connectivity index (χ4n) is 4.50. The maximum atomic E-state index is 12.1. The SMILES string of the molecule is C=C(C)C(=O)OC1(C(C)C)C2CCC3C(C2)C(=O)OC31. The summed E-state index contributed by atoms with van der Waals surface area (Å²) in [7, 11) is 0. The Morgan fingerprint density at radius 1 is 1.45 bits per heavy atom. The van der Waals surface area contributed by atoms with Gasteiger partial charge in [0.2, 0.25) is 0 Å². The second-order valence-electron chi connectivity index (χ2n) is 6.82. The summed E-state index contributed by atoms with van der Waals surface area (Å²) in [4.78, 5) is 24.1. The molecule has 5 unspecified atom stereocenters. The second kappa shape index (κ2) is 4.34. The van der Waals surface area contributed by atoms with E-state index in [2.05, 4.69) is 6.58 Å². The summed E-state index contributed by atoms with van der Waals surface area (Å²) in [5.74, 6) is 0.110. The normalized spacial score (nSPS) is 41.7. The van der Waals surface area contributed by atoms with Crippen molar-refractivity contribution in [3.8, 4) is 0 Å². The van der Waals surface area contributed by atoms with Gasteiger partial charge in [-0.15, -0.1) is 0 Å². The number of carbonyl (C=O) groups excluding carboxylic acids is 2. The largest absolute Gasteiger partial charge is 0.458 e. The summed E-state index contributed by atoms with van der Waals surface area (Å²) in [5, 5.41) is 0. The highest BCUT2D eigenvalue weighted by molar-refractivity contribution is 5.87. The maximum Gasteiger partial charge on any atom is 0.333 e. The van der Waals surface area contributed by atoms with Gasteiger partial charge in [-0.3, -0.25) is 4.79 Å². The zero-order chi connectivity index (χ0) is 14.7. The van der Waals surface area contributed by atoms with Crippen LogP contribution >= 0.6 is 0 Å². The Morgan fingerprint density at radius 2 is 2.15 bits per heavy atom. The smallest absolute Gasteiger partial charge is 0.333 e. The summed E-state index contributed by atoms with van der Waals surface area (Å²) in [6.07, 6.45) is 2.54. The van der Waals surface area contributed by atoms with Gasteiger partial charge in [-0.25, -0.2) is 4.79 Å². The van der Waals surface area contributed by atoms with E-state index in [1.807, 2.05) is 13.8 Å². The number of esters is 2. The van der Waals surface area contributed by atoms with Crippen LogP contribution in [0.25, 0.3) is 0 Å². The molecule has 3 saturated carbocycles. The molecule has 0 aromatic carbocycles. The van der Waals surface area contributed by atoms with Gasteiger partial charge < -0.3 is 9.47 Å². The van der Waals surface area contributed by atoms with E-state index in [9.17, 15) is 9.59 Å². The number of fused-ring (bicyclic) bond motifs is 1. The number of hydrogen-bond acceptors (Lipinski definition) is 4. The van der Waals surface area contributed by atoms with Crippen molar-refractivity contribution in [2.75, 3.05) is 0 Å². The van der Waals surface area contributed by atoms with Crippen molar-refractivity contribution in [3.05, 3.63) is 12.2 Å². The molecule has 4 rings (SSSR count). The standard InChI is InChI=1S/C16H22O4/c1-8(2)14(17)20-16(9(3)4)10-5-6-11-12(7-10)15(18)19-13(11)16/h9-13H,1,5-7H2,2-4H3. The van der Waals surface area contributed by atoms with Crippen LogP contribution < -0.4 is 0 Å². The lowest BCUT2D eigenvalue weighted by Gasteiger charge is -2.54. The summed E-state index contributed by atoms with van der Waals surface area (Å²) < 4.78 is 11.5. The van der Waals surface area contributed by atoms with Gasteiger partial charge in [0, 0.05) is 17.4 Å². The molecule has 3 aliphatic carbocycles. The van der Waals surface area contributed by atoms with E-state index in [1.165, 1.54) is 0 Å². The van der Waals surface area contributed by atoms with E-state index in [4.69, 9.17) is 9.47 Å². The molecule has 0 spiro atoms. The zero-order valence-electron chi connectivity index (χ0n) is 12.3. The van der Waals surface area contributed by atoms with Crippen molar-refractivity contribution in [3.63, 3.8) is 0 Å². The highest BCUT2D eigenvalue weighted by Gasteiger charge is 2.68. The minimum atomic E-state index is -0.665. The monoisotopic (exact) mass is 278 g/mol. The lowest BCUT2D eigenvalue weighted by molar-refractivity contribution is -0.220. The molecule has 110 valence electrons. The molecule has 4 heteroatoms. The molecule has 4 bridgehead atoms. The molecular weight excluding hydrogens is 256 g/mol. The third-order valence-electron chi connectivity index (χ3n) is 5.44. The van der Waals surface area contributed by atoms with Crippen molar-refractivity contribution in [1.82, 2.24) is 0 Å². The summed E-state index contributed by atoms with van der Waals surface area (Å²) in [5.41, 5.74) is -0.269. The number of rotatable bonds is 3. The molecule has 5 atom stereocenters. The Hall–Kier alpha value is -1.32. The Labute approximate surface area is 119 Å². The Balaban J connectivity index is 2.00. The average Bonchev–Trinajstić information content (AvgIpc) is 2.68. The molecule has 0 amide bonds. The fourth-order valence-corrected chi connectivity index (χ4v) is 4.50. The van der Waals surface area contributed by atoms with Crippen molar-refractivity contribution in [2.24, 2.45) is 23.7 Å². The Kier molecular flexibility index (Phi) is 2.96. The summed E-state index contributed by atoms with van der Waals surface area (Å²) >= 11 is 0. The molecule has 0 N–H and O–H groups in total. The number of ether oxygens (including phenoxy) is 2. The topological polar surface area (TPSA) is 52.6 Å². The number of carbonyl (C=O) groups is 2. The maximum absolute atomic E-state index is 12.1. The first-order valence-electron chi connectivity index (χ1n) is 7.47. The minimum absolute atomic E-state index is 0.0224. The van der Waals surface area contributed by atoms with E-state index < -0.39 is 5.60 Å². The van der Waals surface area contributed by atoms with Crippen LogP contribution in [0.3, 0.4) is 0 Å². The van der Waals surface area contributed by atoms with Crippen LogP contribution in [0, 0.1) is 23.7 Å². The van der Waals surface area contributed by atoms with Gasteiger partial charge >= 0.3 is 11.9 Å². The molecule has 1 saturated heterocycles. The van der Waals surface area contributed by atoms with Crippen molar-refractivity contribution in [1.29, 1.82) is 0 Å². The highest BCUT2D eigenvalue weighted by atomic mass is 16.6. The highest BCUT2D eigenvalue weighted by Crippen LogP contribution is 2.59. The molecular formula is C16H22O4. The first-order chi connectivity index (χ1) is 9.37. The van der Waals surface area contributed by atoms with Crippen molar-refractivity contribution in [2.45, 2.75) is 51.7 Å². The Morgan fingerprint density at radius 3 is 2.75 bits per heavy atom. The van der Waals surface area contributed by atoms with E-state index in [1.54, 1.807) is 6.92 Å². The fraction of sp³-hybridized carbons (Fsp3) is 0.750. The van der Waals surface area contributed by atoms with Crippen LogP contribution in [0.5, 0.6) is 0 Å². The molecule has 0 radical (unpaired) electrons. The quantitative estimate of drug-likeness (QED) is 0.588. The molecule has 1 aliphatic heterocycles. The second-order valence-corrected chi connectivity index (χ2v) is 6.82. The molecule has 0 aromatic rings. The van der Waals surface area contributed by atoms with Crippen LogP contribution in [-0.2, 0) is 19.1 Å². The van der Waals surface area contributed by atoms with Gasteiger partial charge in [0.15, 0.2) is 5.60 Å². The van der Waals surface area contributed by atoms with E-state index >= 15 is 0 Å². The molecule has 4 aliphatic rings. The van der Waals surface area contributed by atoms with E-state index in [-0.39, 0.29) is 41.7 Å². The third-order valence-corrected chi connectivity index (χ3v) is 5.44. The number of hydrogen-bond donors (Lipinski definition) is 0. The van der Waals surface area contributed by atoms with Gasteiger partial charge in [0.1, 0.15) is 6.10 Å². The van der Waals surface area contributed by atoms with E-state index in [0.717, 1.165) is 19.3 Å². The van der Waals surface area contributed by atoms with Gasteiger partial charge in [0.05, 0.1) is 5.92 Å². The van der Waals surface area contributed by atoms with Crippen molar-refractivity contribution < 1.29 is 19.1 Å². The molecule has 4 nitrogen and oxygen atoms in total.